The molecule has 2 aliphatic heterocycles. The van der Waals surface area contributed by atoms with Gasteiger partial charge in [0.05, 0.1) is 34.7 Å². The lowest BCUT2D eigenvalue weighted by Gasteiger charge is -2.36. The first-order chi connectivity index (χ1) is 22.9. The number of aromatic nitrogens is 4. The third kappa shape index (κ3) is 7.61. The van der Waals surface area contributed by atoms with E-state index in [0.717, 1.165) is 92.2 Å². The van der Waals surface area contributed by atoms with Crippen LogP contribution in [0, 0.1) is 0 Å². The number of imidazole rings is 2. The maximum atomic E-state index is 11.3. The molecule has 13 heteroatoms. The number of nitrogens with zero attached hydrogens (tertiary/aromatic N) is 6. The van der Waals surface area contributed by atoms with Crippen LogP contribution in [-0.4, -0.2) is 87.6 Å². The number of aryl methyl sites for hydroxylation is 2. The zero-order chi connectivity index (χ0) is 32.8. The monoisotopic (exact) mass is 658 g/mol. The molecule has 0 spiro atoms. The van der Waals surface area contributed by atoms with E-state index in [2.05, 4.69) is 36.5 Å². The molecular weight excluding hydrogens is 620 g/mol. The Bertz CT molecular complexity index is 1860. The molecule has 2 amide bonds. The number of hydrogen-bond donors (Lipinski definition) is 2. The summed E-state index contributed by atoms with van der Waals surface area (Å²) >= 11 is 5.64. The minimum Gasteiger partial charge on any atom is -0.486 e. The summed E-state index contributed by atoms with van der Waals surface area (Å²) in [7, 11) is 0. The molecular formula is C34H39ClN8O4. The second kappa shape index (κ2) is 14.7. The van der Waals surface area contributed by atoms with Crippen molar-refractivity contribution in [3.05, 3.63) is 78.4 Å². The predicted octanol–water partition coefficient (Wildman–Crippen LogP) is 3.88. The highest BCUT2D eigenvalue weighted by Crippen LogP contribution is 2.34. The summed E-state index contributed by atoms with van der Waals surface area (Å²) in [5.74, 6) is 1.45. The lowest BCUT2D eigenvalue weighted by Crippen LogP contribution is -2.46. The van der Waals surface area contributed by atoms with Gasteiger partial charge in [-0.05, 0) is 67.9 Å². The van der Waals surface area contributed by atoms with Crippen LogP contribution < -0.4 is 25.8 Å². The first-order valence-corrected chi connectivity index (χ1v) is 16.4. The van der Waals surface area contributed by atoms with Crippen LogP contribution in [-0.2, 0) is 13.1 Å². The van der Waals surface area contributed by atoms with Crippen LogP contribution in [0.2, 0.25) is 0 Å². The summed E-state index contributed by atoms with van der Waals surface area (Å²) in [6, 6.07) is 16.9. The molecule has 0 radical (unpaired) electrons. The van der Waals surface area contributed by atoms with Crippen LogP contribution in [0.25, 0.3) is 22.1 Å². The standard InChI is InChI=1S/C23H27N5O3.C11H12ClN3O/c24-23(29)17-2-4-20-19(14-17)25-16-28(20)7-1-6-26-8-10-27(11-9-26)18-3-5-21-22(15-18)31-13-12-30-21;12-4-1-5-15-7-14-9-6-8(11(13)16)2-3-10(9)15/h2-5,14-16H,1,6-13H2,(H2,24,29);2-3,6-7H,1,4-5H2,(H2,13,16). The van der Waals surface area contributed by atoms with E-state index in [4.69, 9.17) is 32.5 Å². The molecule has 0 atom stereocenters. The van der Waals surface area contributed by atoms with Gasteiger partial charge in [-0.15, -0.1) is 11.6 Å². The molecule has 1 saturated heterocycles. The van der Waals surface area contributed by atoms with Crippen molar-refractivity contribution in [2.75, 3.05) is 56.7 Å². The van der Waals surface area contributed by atoms with Crippen molar-refractivity contribution >= 4 is 51.2 Å². The number of benzene rings is 3. The van der Waals surface area contributed by atoms with E-state index >= 15 is 0 Å². The summed E-state index contributed by atoms with van der Waals surface area (Å²) in [6.07, 6.45) is 5.54. The Morgan fingerprint density at radius 1 is 0.702 bits per heavy atom. The fraction of sp³-hybridized carbons (Fsp3) is 0.353. The fourth-order valence-corrected chi connectivity index (χ4v) is 6.06. The van der Waals surface area contributed by atoms with Crippen LogP contribution in [0.15, 0.2) is 67.3 Å². The number of hydrogen-bond acceptors (Lipinski definition) is 8. The number of alkyl halides is 1. The molecule has 4 heterocycles. The third-order valence-corrected chi connectivity index (χ3v) is 8.75. The van der Waals surface area contributed by atoms with E-state index in [9.17, 15) is 9.59 Å². The average Bonchev–Trinajstić information content (AvgIpc) is 3.70. The maximum Gasteiger partial charge on any atom is 0.248 e. The zero-order valence-corrected chi connectivity index (χ0v) is 26.9. The molecule has 0 bridgehead atoms. The quantitative estimate of drug-likeness (QED) is 0.215. The molecule has 0 saturated carbocycles. The van der Waals surface area contributed by atoms with E-state index in [0.29, 0.717) is 30.2 Å². The molecule has 12 nitrogen and oxygen atoms in total. The number of rotatable bonds is 10. The van der Waals surface area contributed by atoms with E-state index in [1.807, 2.05) is 29.1 Å². The second-order valence-electron chi connectivity index (χ2n) is 11.6. The predicted molar refractivity (Wildman–Crippen MR) is 183 cm³/mol. The third-order valence-electron chi connectivity index (χ3n) is 8.48. The summed E-state index contributed by atoms with van der Waals surface area (Å²) in [5.41, 5.74) is 16.4. The minimum absolute atomic E-state index is 0.424. The summed E-state index contributed by atoms with van der Waals surface area (Å²) in [5, 5.41) is 0. The number of carbonyl (C=O) groups is 2. The van der Waals surface area contributed by atoms with Gasteiger partial charge >= 0.3 is 0 Å². The summed E-state index contributed by atoms with van der Waals surface area (Å²) in [4.78, 5) is 35.9. The first-order valence-electron chi connectivity index (χ1n) is 15.8. The molecule has 4 N–H and O–H groups in total. The Hall–Kier alpha value is -4.81. The number of amides is 2. The lowest BCUT2D eigenvalue weighted by atomic mass is 10.2. The lowest BCUT2D eigenvalue weighted by molar-refractivity contribution is 0.0992. The average molecular weight is 659 g/mol. The highest BCUT2D eigenvalue weighted by Gasteiger charge is 2.20. The number of nitrogens with two attached hydrogens (primary N) is 2. The molecule has 5 aromatic rings. The number of carbonyl (C=O) groups excluding carboxylic acids is 2. The van der Waals surface area contributed by atoms with Gasteiger partial charge in [0, 0.05) is 68.0 Å². The molecule has 2 aromatic heterocycles. The van der Waals surface area contributed by atoms with Crippen molar-refractivity contribution in [3.63, 3.8) is 0 Å². The number of anilines is 1. The van der Waals surface area contributed by atoms with Gasteiger partial charge in [-0.25, -0.2) is 9.97 Å². The molecule has 7 rings (SSSR count). The molecule has 0 aliphatic carbocycles. The smallest absolute Gasteiger partial charge is 0.248 e. The van der Waals surface area contributed by atoms with Gasteiger partial charge in [0.25, 0.3) is 0 Å². The summed E-state index contributed by atoms with van der Waals surface area (Å²) in [6.45, 7) is 8.10. The van der Waals surface area contributed by atoms with Gasteiger partial charge in [0.1, 0.15) is 13.2 Å². The molecule has 3 aromatic carbocycles. The topological polar surface area (TPSA) is 147 Å². The van der Waals surface area contributed by atoms with Crippen LogP contribution in [0.1, 0.15) is 33.6 Å². The van der Waals surface area contributed by atoms with Gasteiger partial charge in [-0.2, -0.15) is 0 Å². The zero-order valence-electron chi connectivity index (χ0n) is 26.2. The van der Waals surface area contributed by atoms with Crippen LogP contribution in [0.4, 0.5) is 5.69 Å². The summed E-state index contributed by atoms with van der Waals surface area (Å²) < 4.78 is 15.5. The minimum atomic E-state index is -0.433. The molecule has 47 heavy (non-hydrogen) atoms. The first kappa shape index (κ1) is 32.1. The second-order valence-corrected chi connectivity index (χ2v) is 11.9. The Balaban J connectivity index is 0.000000203. The maximum absolute atomic E-state index is 11.3. The van der Waals surface area contributed by atoms with Crippen LogP contribution >= 0.6 is 11.6 Å². The van der Waals surface area contributed by atoms with Gasteiger partial charge < -0.3 is 35.0 Å². The molecule has 246 valence electrons. The SMILES string of the molecule is NC(=O)c1ccc2c(c1)ncn2CCCCl.NC(=O)c1ccc2c(c1)ncn2CCCN1CCN(c2ccc3c(c2)OCCO3)CC1. The molecule has 1 fully saturated rings. The number of ether oxygens (including phenoxy) is 2. The van der Waals surface area contributed by atoms with Crippen molar-refractivity contribution in [2.45, 2.75) is 25.9 Å². The highest BCUT2D eigenvalue weighted by atomic mass is 35.5. The molecule has 2 aliphatic rings. The Morgan fingerprint density at radius 3 is 1.85 bits per heavy atom. The van der Waals surface area contributed by atoms with Crippen molar-refractivity contribution in [3.8, 4) is 11.5 Å². The fourth-order valence-electron chi connectivity index (χ4n) is 5.94. The molecule has 0 unspecified atom stereocenters. The van der Waals surface area contributed by atoms with Crippen LogP contribution in [0.3, 0.4) is 0 Å². The van der Waals surface area contributed by atoms with Crippen LogP contribution in [0.5, 0.6) is 11.5 Å². The largest absolute Gasteiger partial charge is 0.486 e. The van der Waals surface area contributed by atoms with E-state index in [1.54, 1.807) is 30.6 Å². The van der Waals surface area contributed by atoms with Crippen molar-refractivity contribution in [1.82, 2.24) is 24.0 Å². The normalized spacial score (nSPS) is 14.6. The van der Waals surface area contributed by atoms with Gasteiger partial charge in [-0.3, -0.25) is 14.5 Å². The Morgan fingerprint density at radius 2 is 1.28 bits per heavy atom. The number of piperazine rings is 1. The van der Waals surface area contributed by atoms with E-state index in [-0.39, 0.29) is 0 Å². The highest BCUT2D eigenvalue weighted by molar-refractivity contribution is 6.17. The van der Waals surface area contributed by atoms with Crippen molar-refractivity contribution in [1.29, 1.82) is 0 Å². The number of fused-ring (bicyclic) bond motifs is 3. The van der Waals surface area contributed by atoms with Gasteiger partial charge in [0.2, 0.25) is 11.8 Å². The van der Waals surface area contributed by atoms with Crippen molar-refractivity contribution < 1.29 is 19.1 Å². The number of halogens is 1. The number of primary amides is 2. The van der Waals surface area contributed by atoms with E-state index < -0.39 is 11.8 Å². The van der Waals surface area contributed by atoms with Gasteiger partial charge in [-0.1, -0.05) is 0 Å². The van der Waals surface area contributed by atoms with Gasteiger partial charge in [0.15, 0.2) is 11.5 Å². The van der Waals surface area contributed by atoms with E-state index in [1.165, 1.54) is 5.69 Å². The van der Waals surface area contributed by atoms with Crippen molar-refractivity contribution in [2.24, 2.45) is 11.5 Å². The Labute approximate surface area is 277 Å². The Kier molecular flexibility index (Phi) is 10.1.